The Hall–Kier alpha value is -4.13. The molecule has 4 rings (SSSR count). The first-order valence-electron chi connectivity index (χ1n) is 11.5. The van der Waals surface area contributed by atoms with Crippen molar-refractivity contribution in [3.8, 4) is 11.5 Å². The Morgan fingerprint density at radius 3 is 2.26 bits per heavy atom. The standard InChI is InChI=1S/C28H28N2O5/c1-19-8-6-7-11-24(19)21-16-25(28(33)34-2)30(18-21)26(31)17-29-27(32)20-12-14-23(15-13-20)35-22-9-4-3-5-10-22/h3-15,21,25H,16-18H2,1-2H3,(H,29,32). The van der Waals surface area contributed by atoms with Gasteiger partial charge in [-0.1, -0.05) is 42.5 Å². The van der Waals surface area contributed by atoms with Crippen LogP contribution in [0.3, 0.4) is 0 Å². The zero-order valence-electron chi connectivity index (χ0n) is 19.8. The van der Waals surface area contributed by atoms with Crippen molar-refractivity contribution in [1.82, 2.24) is 10.2 Å². The van der Waals surface area contributed by atoms with E-state index in [1.54, 1.807) is 24.3 Å². The molecule has 0 bridgehead atoms. The van der Waals surface area contributed by atoms with Gasteiger partial charge in [-0.3, -0.25) is 9.59 Å². The average Bonchev–Trinajstić information content (AvgIpc) is 3.33. The van der Waals surface area contributed by atoms with Crippen LogP contribution in [-0.4, -0.2) is 48.9 Å². The zero-order valence-corrected chi connectivity index (χ0v) is 19.8. The number of hydrogen-bond acceptors (Lipinski definition) is 5. The minimum Gasteiger partial charge on any atom is -0.467 e. The van der Waals surface area contributed by atoms with Crippen LogP contribution in [0.25, 0.3) is 0 Å². The predicted molar refractivity (Wildman–Crippen MR) is 131 cm³/mol. The normalized spacial score (nSPS) is 17.0. The number of hydrogen-bond donors (Lipinski definition) is 1. The number of amides is 2. The van der Waals surface area contributed by atoms with E-state index in [0.717, 1.165) is 11.1 Å². The Balaban J connectivity index is 1.37. The number of para-hydroxylation sites is 1. The maximum absolute atomic E-state index is 13.0. The van der Waals surface area contributed by atoms with Gasteiger partial charge in [0.15, 0.2) is 0 Å². The Kier molecular flexibility index (Phi) is 7.45. The fourth-order valence-electron chi connectivity index (χ4n) is 4.40. The number of nitrogens with zero attached hydrogens (tertiary/aromatic N) is 1. The molecule has 7 heteroatoms. The Morgan fingerprint density at radius 2 is 1.57 bits per heavy atom. The topological polar surface area (TPSA) is 84.9 Å². The van der Waals surface area contributed by atoms with Gasteiger partial charge in [-0.25, -0.2) is 4.79 Å². The molecule has 1 saturated heterocycles. The molecule has 1 aliphatic rings. The maximum Gasteiger partial charge on any atom is 0.328 e. The number of nitrogens with one attached hydrogen (secondary N) is 1. The lowest BCUT2D eigenvalue weighted by Crippen LogP contribution is -2.46. The first-order chi connectivity index (χ1) is 17.0. The monoisotopic (exact) mass is 472 g/mol. The molecule has 2 amide bonds. The second-order valence-corrected chi connectivity index (χ2v) is 8.50. The number of carbonyl (C=O) groups excluding carboxylic acids is 3. The minimum absolute atomic E-state index is 0.0251. The molecule has 180 valence electrons. The highest BCUT2D eigenvalue weighted by molar-refractivity contribution is 5.97. The lowest BCUT2D eigenvalue weighted by Gasteiger charge is -2.23. The van der Waals surface area contributed by atoms with Crippen molar-refractivity contribution < 1.29 is 23.9 Å². The first kappa shape index (κ1) is 24.0. The van der Waals surface area contributed by atoms with Crippen LogP contribution in [0.2, 0.25) is 0 Å². The van der Waals surface area contributed by atoms with Crippen LogP contribution in [0, 0.1) is 6.92 Å². The summed E-state index contributed by atoms with van der Waals surface area (Å²) in [5.74, 6) is 0.170. The van der Waals surface area contributed by atoms with Gasteiger partial charge in [-0.05, 0) is 60.9 Å². The quantitative estimate of drug-likeness (QED) is 0.524. The molecule has 2 atom stereocenters. The Morgan fingerprint density at radius 1 is 0.914 bits per heavy atom. The molecule has 3 aromatic rings. The molecule has 0 spiro atoms. The summed E-state index contributed by atoms with van der Waals surface area (Å²) >= 11 is 0. The van der Waals surface area contributed by atoms with Crippen molar-refractivity contribution in [1.29, 1.82) is 0 Å². The van der Waals surface area contributed by atoms with Crippen molar-refractivity contribution in [3.05, 3.63) is 95.6 Å². The molecule has 1 N–H and O–H groups in total. The lowest BCUT2D eigenvalue weighted by atomic mass is 9.93. The van der Waals surface area contributed by atoms with E-state index >= 15 is 0 Å². The summed E-state index contributed by atoms with van der Waals surface area (Å²) < 4.78 is 10.7. The molecule has 0 aliphatic carbocycles. The summed E-state index contributed by atoms with van der Waals surface area (Å²) in [4.78, 5) is 39.5. The molecule has 1 heterocycles. The van der Waals surface area contributed by atoms with E-state index < -0.39 is 12.0 Å². The van der Waals surface area contributed by atoms with Gasteiger partial charge < -0.3 is 19.7 Å². The summed E-state index contributed by atoms with van der Waals surface area (Å²) in [6, 6.07) is 23.3. The first-order valence-corrected chi connectivity index (χ1v) is 11.5. The van der Waals surface area contributed by atoms with Crippen molar-refractivity contribution in [2.24, 2.45) is 0 Å². The number of esters is 1. The number of likely N-dealkylation sites (tertiary alicyclic amines) is 1. The maximum atomic E-state index is 13.0. The van der Waals surface area contributed by atoms with Crippen LogP contribution in [0.5, 0.6) is 11.5 Å². The third-order valence-corrected chi connectivity index (χ3v) is 6.22. The molecule has 35 heavy (non-hydrogen) atoms. The average molecular weight is 473 g/mol. The van der Waals surface area contributed by atoms with E-state index in [0.29, 0.717) is 30.0 Å². The number of ether oxygens (including phenoxy) is 2. The van der Waals surface area contributed by atoms with Gasteiger partial charge >= 0.3 is 5.97 Å². The molecule has 7 nitrogen and oxygen atoms in total. The largest absolute Gasteiger partial charge is 0.467 e. The third kappa shape index (κ3) is 5.69. The van der Waals surface area contributed by atoms with E-state index in [4.69, 9.17) is 9.47 Å². The van der Waals surface area contributed by atoms with Crippen LogP contribution in [0.4, 0.5) is 0 Å². The van der Waals surface area contributed by atoms with Crippen molar-refractivity contribution in [2.75, 3.05) is 20.2 Å². The van der Waals surface area contributed by atoms with Gasteiger partial charge in [0.05, 0.1) is 13.7 Å². The molecular weight excluding hydrogens is 444 g/mol. The molecular formula is C28H28N2O5. The molecule has 3 aromatic carbocycles. The second-order valence-electron chi connectivity index (χ2n) is 8.50. The van der Waals surface area contributed by atoms with Gasteiger partial charge in [0.2, 0.25) is 5.91 Å². The number of aryl methyl sites for hydroxylation is 1. The van der Waals surface area contributed by atoms with Crippen molar-refractivity contribution in [2.45, 2.75) is 25.3 Å². The van der Waals surface area contributed by atoms with E-state index in [1.807, 2.05) is 61.5 Å². The summed E-state index contributed by atoms with van der Waals surface area (Å²) in [7, 11) is 1.32. The molecule has 1 aliphatic heterocycles. The molecule has 0 saturated carbocycles. The highest BCUT2D eigenvalue weighted by atomic mass is 16.5. The fourth-order valence-corrected chi connectivity index (χ4v) is 4.40. The van der Waals surface area contributed by atoms with E-state index in [2.05, 4.69) is 5.32 Å². The Labute approximate surface area is 204 Å². The van der Waals surface area contributed by atoms with Gasteiger partial charge in [0.25, 0.3) is 5.91 Å². The van der Waals surface area contributed by atoms with Crippen molar-refractivity contribution in [3.63, 3.8) is 0 Å². The van der Waals surface area contributed by atoms with Crippen LogP contribution >= 0.6 is 0 Å². The summed E-state index contributed by atoms with van der Waals surface area (Å²) in [5.41, 5.74) is 2.63. The van der Waals surface area contributed by atoms with E-state index in [1.165, 1.54) is 12.0 Å². The number of methoxy groups -OCH3 is 1. The van der Waals surface area contributed by atoms with Crippen LogP contribution in [0.15, 0.2) is 78.9 Å². The minimum atomic E-state index is -0.677. The summed E-state index contributed by atoms with van der Waals surface area (Å²) in [5, 5.41) is 2.67. The van der Waals surface area contributed by atoms with Crippen LogP contribution in [-0.2, 0) is 14.3 Å². The molecule has 0 radical (unpaired) electrons. The number of carbonyl (C=O) groups is 3. The highest BCUT2D eigenvalue weighted by Gasteiger charge is 2.41. The van der Waals surface area contributed by atoms with Gasteiger partial charge in [0, 0.05) is 18.0 Å². The molecule has 1 fully saturated rings. The number of rotatable bonds is 7. The molecule has 0 aromatic heterocycles. The van der Waals surface area contributed by atoms with Gasteiger partial charge in [-0.2, -0.15) is 0 Å². The smallest absolute Gasteiger partial charge is 0.328 e. The third-order valence-electron chi connectivity index (χ3n) is 6.22. The lowest BCUT2D eigenvalue weighted by molar-refractivity contribution is -0.150. The van der Waals surface area contributed by atoms with Crippen molar-refractivity contribution >= 4 is 17.8 Å². The van der Waals surface area contributed by atoms with Crippen LogP contribution < -0.4 is 10.1 Å². The molecule has 2 unspecified atom stereocenters. The second kappa shape index (κ2) is 10.9. The number of benzene rings is 3. The summed E-state index contributed by atoms with van der Waals surface area (Å²) in [6.45, 7) is 2.20. The fraction of sp³-hybridized carbons (Fsp3) is 0.250. The van der Waals surface area contributed by atoms with Gasteiger partial charge in [0.1, 0.15) is 17.5 Å². The highest BCUT2D eigenvalue weighted by Crippen LogP contribution is 2.34. The SMILES string of the molecule is COC(=O)C1CC(c2ccccc2C)CN1C(=O)CNC(=O)c1ccc(Oc2ccccc2)cc1. The zero-order chi connectivity index (χ0) is 24.8. The summed E-state index contributed by atoms with van der Waals surface area (Å²) in [6.07, 6.45) is 0.486. The predicted octanol–water partition coefficient (Wildman–Crippen LogP) is 4.07. The Bertz CT molecular complexity index is 1190. The van der Waals surface area contributed by atoms with Gasteiger partial charge in [-0.15, -0.1) is 0 Å². The van der Waals surface area contributed by atoms with E-state index in [9.17, 15) is 14.4 Å². The van der Waals surface area contributed by atoms with E-state index in [-0.39, 0.29) is 24.3 Å². The van der Waals surface area contributed by atoms with Crippen LogP contribution in [0.1, 0.15) is 33.8 Å².